The second-order valence-electron chi connectivity index (χ2n) is 6.30. The first-order chi connectivity index (χ1) is 12.4. The fourth-order valence-corrected chi connectivity index (χ4v) is 3.62. The lowest BCUT2D eigenvalue weighted by Gasteiger charge is -2.12. The van der Waals surface area contributed by atoms with E-state index in [0.29, 0.717) is 38.6 Å². The summed E-state index contributed by atoms with van der Waals surface area (Å²) in [4.78, 5) is 23.3. The Bertz CT molecular complexity index is 704. The van der Waals surface area contributed by atoms with E-state index in [-0.39, 0.29) is 6.61 Å². The molecule has 1 saturated carbocycles. The highest BCUT2D eigenvalue weighted by atomic mass is 32.2. The van der Waals surface area contributed by atoms with Crippen molar-refractivity contribution in [1.82, 2.24) is 10.0 Å². The molecular formula is C17H25N3O5S. The minimum Gasteiger partial charge on any atom is -0.445 e. The summed E-state index contributed by atoms with van der Waals surface area (Å²) in [7, 11) is -3.56. The van der Waals surface area contributed by atoms with Crippen molar-refractivity contribution < 1.29 is 22.7 Å². The van der Waals surface area contributed by atoms with E-state index in [1.54, 1.807) is 0 Å². The van der Waals surface area contributed by atoms with E-state index in [9.17, 15) is 18.0 Å². The third-order valence-corrected chi connectivity index (χ3v) is 5.80. The van der Waals surface area contributed by atoms with Crippen LogP contribution in [0.1, 0.15) is 37.7 Å². The number of unbranched alkanes of at least 4 members (excludes halogenated alkanes) is 1. The van der Waals surface area contributed by atoms with Gasteiger partial charge in [-0.3, -0.25) is 9.52 Å². The van der Waals surface area contributed by atoms with E-state index in [1.165, 1.54) is 0 Å². The quantitative estimate of drug-likeness (QED) is 0.518. The van der Waals surface area contributed by atoms with Gasteiger partial charge in [0.25, 0.3) is 0 Å². The number of amides is 2. The molecule has 26 heavy (non-hydrogen) atoms. The molecule has 1 fully saturated rings. The molecule has 2 amide bonds. The average Bonchev–Trinajstić information content (AvgIpc) is 3.45. The number of hydrogen-bond acceptors (Lipinski definition) is 6. The monoisotopic (exact) mass is 383 g/mol. The summed E-state index contributed by atoms with van der Waals surface area (Å²) in [5, 5.41) is 2.16. The van der Waals surface area contributed by atoms with Crippen LogP contribution in [-0.2, 0) is 26.2 Å². The Morgan fingerprint density at radius 3 is 2.54 bits per heavy atom. The summed E-state index contributed by atoms with van der Waals surface area (Å²) in [6.45, 7) is 0.593. The predicted octanol–water partition coefficient (Wildman–Crippen LogP) is 1.02. The van der Waals surface area contributed by atoms with Crippen LogP contribution in [-0.4, -0.2) is 38.3 Å². The number of nitrogens with two attached hydrogens (primary N) is 1. The number of sulfonamides is 1. The summed E-state index contributed by atoms with van der Waals surface area (Å²) >= 11 is 0. The smallest absolute Gasteiger partial charge is 0.407 e. The molecule has 1 aliphatic carbocycles. The average molecular weight is 383 g/mol. The number of alkyl carbamates (subject to hydrolysis) is 1. The molecule has 0 bridgehead atoms. The Morgan fingerprint density at radius 1 is 1.19 bits per heavy atom. The maximum atomic E-state index is 11.8. The van der Waals surface area contributed by atoms with Gasteiger partial charge >= 0.3 is 6.09 Å². The Balaban J connectivity index is 1.53. The minimum absolute atomic E-state index is 0.202. The van der Waals surface area contributed by atoms with Gasteiger partial charge in [0.1, 0.15) is 6.61 Å². The molecule has 1 aromatic carbocycles. The molecular weight excluding hydrogens is 358 g/mol. The van der Waals surface area contributed by atoms with Crippen molar-refractivity contribution >= 4 is 22.0 Å². The van der Waals surface area contributed by atoms with Crippen molar-refractivity contribution in [2.45, 2.75) is 50.0 Å². The Morgan fingerprint density at radius 2 is 1.88 bits per heavy atom. The predicted molar refractivity (Wildman–Crippen MR) is 96.5 cm³/mol. The SMILES string of the molecule is N[C@H](CCCCNC(=O)OCc1ccccc1)C(=O)NS(=O)(=O)C1CC1. The molecule has 4 N–H and O–H groups in total. The van der Waals surface area contributed by atoms with Crippen molar-refractivity contribution in [3.63, 3.8) is 0 Å². The van der Waals surface area contributed by atoms with E-state index in [0.717, 1.165) is 5.56 Å². The second-order valence-corrected chi connectivity index (χ2v) is 8.26. The van der Waals surface area contributed by atoms with Gasteiger partial charge in [0.05, 0.1) is 11.3 Å². The molecule has 0 aliphatic heterocycles. The topological polar surface area (TPSA) is 128 Å². The van der Waals surface area contributed by atoms with E-state index in [2.05, 4.69) is 5.32 Å². The van der Waals surface area contributed by atoms with Gasteiger partial charge in [0.15, 0.2) is 0 Å². The first-order valence-corrected chi connectivity index (χ1v) is 10.2. The number of hydrogen-bond donors (Lipinski definition) is 3. The van der Waals surface area contributed by atoms with Crippen LogP contribution in [0.3, 0.4) is 0 Å². The number of carbonyl (C=O) groups is 2. The normalized spacial score (nSPS) is 15.1. The number of rotatable bonds is 10. The van der Waals surface area contributed by atoms with Gasteiger partial charge < -0.3 is 15.8 Å². The standard InChI is InChI=1S/C17H25N3O5S/c18-15(16(21)20-26(23,24)14-9-10-14)8-4-5-11-19-17(22)25-12-13-6-2-1-3-7-13/h1-3,6-7,14-15H,4-5,8-12,18H2,(H,19,22)(H,20,21)/t15-/m1/s1. The van der Waals surface area contributed by atoms with E-state index < -0.39 is 33.3 Å². The molecule has 9 heteroatoms. The number of ether oxygens (including phenoxy) is 1. The van der Waals surface area contributed by atoms with Crippen molar-refractivity contribution in [2.75, 3.05) is 6.54 Å². The van der Waals surface area contributed by atoms with E-state index in [1.807, 2.05) is 35.1 Å². The van der Waals surface area contributed by atoms with Gasteiger partial charge in [-0.05, 0) is 37.7 Å². The van der Waals surface area contributed by atoms with Crippen LogP contribution in [0.15, 0.2) is 30.3 Å². The molecule has 0 aromatic heterocycles. The Hall–Kier alpha value is -2.13. The molecule has 2 rings (SSSR count). The Kier molecular flexibility index (Phi) is 7.40. The maximum Gasteiger partial charge on any atom is 0.407 e. The molecule has 1 aliphatic rings. The van der Waals surface area contributed by atoms with Crippen molar-refractivity contribution in [3.8, 4) is 0 Å². The Labute approximate surface area is 153 Å². The van der Waals surface area contributed by atoms with E-state index in [4.69, 9.17) is 10.5 Å². The summed E-state index contributed by atoms with van der Waals surface area (Å²) in [6.07, 6.45) is 2.19. The molecule has 0 spiro atoms. The van der Waals surface area contributed by atoms with Crippen molar-refractivity contribution in [3.05, 3.63) is 35.9 Å². The van der Waals surface area contributed by atoms with Gasteiger partial charge in [-0.1, -0.05) is 30.3 Å². The maximum absolute atomic E-state index is 11.8. The lowest BCUT2D eigenvalue weighted by atomic mass is 10.1. The van der Waals surface area contributed by atoms with Gasteiger partial charge in [-0.25, -0.2) is 13.2 Å². The molecule has 8 nitrogen and oxygen atoms in total. The third kappa shape index (κ3) is 7.01. The molecule has 0 saturated heterocycles. The fourth-order valence-electron chi connectivity index (χ4n) is 2.26. The zero-order valence-corrected chi connectivity index (χ0v) is 15.3. The number of carbonyl (C=O) groups excluding carboxylic acids is 2. The van der Waals surface area contributed by atoms with Gasteiger partial charge in [-0.2, -0.15) is 0 Å². The largest absolute Gasteiger partial charge is 0.445 e. The van der Waals surface area contributed by atoms with Crippen LogP contribution in [0.5, 0.6) is 0 Å². The second kappa shape index (κ2) is 9.54. The zero-order chi connectivity index (χ0) is 19.0. The van der Waals surface area contributed by atoms with Crippen LogP contribution in [0, 0.1) is 0 Å². The van der Waals surface area contributed by atoms with Crippen LogP contribution >= 0.6 is 0 Å². The number of nitrogens with one attached hydrogen (secondary N) is 2. The molecule has 0 radical (unpaired) electrons. The highest BCUT2D eigenvalue weighted by molar-refractivity contribution is 7.90. The molecule has 1 aromatic rings. The summed E-state index contributed by atoms with van der Waals surface area (Å²) in [5.41, 5.74) is 6.61. The van der Waals surface area contributed by atoms with Crippen molar-refractivity contribution in [1.29, 1.82) is 0 Å². The van der Waals surface area contributed by atoms with Crippen molar-refractivity contribution in [2.24, 2.45) is 5.73 Å². The minimum atomic E-state index is -3.56. The molecule has 0 heterocycles. The van der Waals surface area contributed by atoms with Gasteiger partial charge in [0, 0.05) is 6.54 Å². The molecule has 144 valence electrons. The summed E-state index contributed by atoms with van der Waals surface area (Å²) in [6, 6.07) is 8.47. The van der Waals surface area contributed by atoms with Crippen LogP contribution in [0.25, 0.3) is 0 Å². The first-order valence-electron chi connectivity index (χ1n) is 8.64. The highest BCUT2D eigenvalue weighted by Crippen LogP contribution is 2.27. The summed E-state index contributed by atoms with van der Waals surface area (Å²) in [5.74, 6) is -0.674. The lowest BCUT2D eigenvalue weighted by Crippen LogP contribution is -2.44. The van der Waals surface area contributed by atoms with E-state index >= 15 is 0 Å². The molecule has 0 unspecified atom stereocenters. The highest BCUT2D eigenvalue weighted by Gasteiger charge is 2.37. The van der Waals surface area contributed by atoms with Gasteiger partial charge in [-0.15, -0.1) is 0 Å². The van der Waals surface area contributed by atoms with Crippen LogP contribution in [0.2, 0.25) is 0 Å². The number of benzene rings is 1. The zero-order valence-electron chi connectivity index (χ0n) is 14.5. The van der Waals surface area contributed by atoms with Crippen LogP contribution < -0.4 is 15.8 Å². The first kappa shape index (κ1) is 20.2. The third-order valence-electron chi connectivity index (χ3n) is 3.97. The van der Waals surface area contributed by atoms with Crippen LogP contribution in [0.4, 0.5) is 4.79 Å². The summed E-state index contributed by atoms with van der Waals surface area (Å²) < 4.78 is 30.4. The lowest BCUT2D eigenvalue weighted by molar-refractivity contribution is -0.120. The van der Waals surface area contributed by atoms with Gasteiger partial charge in [0.2, 0.25) is 15.9 Å². The molecule has 1 atom stereocenters. The fraction of sp³-hybridized carbons (Fsp3) is 0.529.